The number of furan rings is 1. The van der Waals surface area contributed by atoms with E-state index in [1.54, 1.807) is 6.26 Å². The highest BCUT2D eigenvalue weighted by molar-refractivity contribution is 5.88. The van der Waals surface area contributed by atoms with Crippen molar-refractivity contribution in [2.45, 2.75) is 37.6 Å². The largest absolute Gasteiger partial charge is 0.464 e. The van der Waals surface area contributed by atoms with Crippen LogP contribution in [0.1, 0.15) is 43.5 Å². The lowest BCUT2D eigenvalue weighted by molar-refractivity contribution is 0.470. The highest BCUT2D eigenvalue weighted by atomic mass is 16.3. The van der Waals surface area contributed by atoms with Crippen LogP contribution in [0.25, 0.3) is 11.0 Å². The zero-order valence-electron chi connectivity index (χ0n) is 12.9. The predicted molar refractivity (Wildman–Crippen MR) is 86.5 cm³/mol. The van der Waals surface area contributed by atoms with Crippen molar-refractivity contribution in [2.75, 3.05) is 18.0 Å². The number of piperidine rings is 1. The van der Waals surface area contributed by atoms with Crippen LogP contribution in [-0.2, 0) is 0 Å². The second kappa shape index (κ2) is 5.08. The van der Waals surface area contributed by atoms with E-state index in [0.717, 1.165) is 42.1 Å². The van der Waals surface area contributed by atoms with E-state index in [1.807, 2.05) is 24.7 Å². The van der Waals surface area contributed by atoms with E-state index in [9.17, 15) is 0 Å². The van der Waals surface area contributed by atoms with E-state index in [4.69, 9.17) is 4.42 Å². The third-order valence-electron chi connectivity index (χ3n) is 4.99. The third kappa shape index (κ3) is 2.20. The number of pyridine rings is 1. The number of nitrogens with zero attached hydrogens (tertiary/aromatic N) is 5. The summed E-state index contributed by atoms with van der Waals surface area (Å²) in [6.07, 6.45) is 10.3. The Balaban J connectivity index is 1.46. The van der Waals surface area contributed by atoms with Crippen LogP contribution in [0.15, 0.2) is 35.3 Å². The number of fused-ring (bicyclic) bond motifs is 1. The molecule has 5 rings (SSSR count). The molecule has 23 heavy (non-hydrogen) atoms. The summed E-state index contributed by atoms with van der Waals surface area (Å²) in [5, 5.41) is 9.69. The van der Waals surface area contributed by atoms with E-state index in [-0.39, 0.29) is 0 Å². The molecule has 0 aromatic carbocycles. The molecule has 0 bridgehead atoms. The summed E-state index contributed by atoms with van der Waals surface area (Å²) in [5.74, 6) is 2.60. The minimum absolute atomic E-state index is 0.427. The minimum atomic E-state index is 0.427. The van der Waals surface area contributed by atoms with Crippen LogP contribution < -0.4 is 4.90 Å². The van der Waals surface area contributed by atoms with Gasteiger partial charge in [-0.1, -0.05) is 0 Å². The number of hydrogen-bond donors (Lipinski definition) is 0. The van der Waals surface area contributed by atoms with Gasteiger partial charge in [0.2, 0.25) is 0 Å². The SMILES string of the molecule is c1cc2occc2c(N2CCC[C@H](c3nncn3C3CC3)C2)n1. The Morgan fingerprint density at radius 1 is 1.17 bits per heavy atom. The fraction of sp³-hybridized carbons (Fsp3) is 0.471. The number of anilines is 1. The Labute approximate surface area is 134 Å². The molecule has 0 N–H and O–H groups in total. The Morgan fingerprint density at radius 2 is 2.13 bits per heavy atom. The van der Waals surface area contributed by atoms with Crippen LogP contribution >= 0.6 is 0 Å². The molecule has 1 saturated carbocycles. The summed E-state index contributed by atoms with van der Waals surface area (Å²) in [7, 11) is 0. The van der Waals surface area contributed by atoms with Crippen molar-refractivity contribution in [2.24, 2.45) is 0 Å². The maximum atomic E-state index is 5.51. The quantitative estimate of drug-likeness (QED) is 0.744. The van der Waals surface area contributed by atoms with Crippen molar-refractivity contribution in [3.8, 4) is 0 Å². The van der Waals surface area contributed by atoms with E-state index in [2.05, 4.69) is 24.6 Å². The van der Waals surface area contributed by atoms with Gasteiger partial charge in [-0.3, -0.25) is 0 Å². The number of hydrogen-bond acceptors (Lipinski definition) is 5. The van der Waals surface area contributed by atoms with Crippen molar-refractivity contribution in [1.29, 1.82) is 0 Å². The fourth-order valence-corrected chi connectivity index (χ4v) is 3.69. The normalized spacial score (nSPS) is 21.9. The summed E-state index contributed by atoms with van der Waals surface area (Å²) < 4.78 is 7.81. The van der Waals surface area contributed by atoms with Gasteiger partial charge < -0.3 is 13.9 Å². The lowest BCUT2D eigenvalue weighted by Gasteiger charge is -2.33. The zero-order valence-corrected chi connectivity index (χ0v) is 12.9. The highest BCUT2D eigenvalue weighted by Crippen LogP contribution is 2.38. The van der Waals surface area contributed by atoms with Gasteiger partial charge in [-0.15, -0.1) is 10.2 Å². The van der Waals surface area contributed by atoms with Crippen molar-refractivity contribution in [1.82, 2.24) is 19.7 Å². The number of aromatic nitrogens is 4. The van der Waals surface area contributed by atoms with Gasteiger partial charge >= 0.3 is 0 Å². The van der Waals surface area contributed by atoms with Gasteiger partial charge in [-0.2, -0.15) is 0 Å². The first kappa shape index (κ1) is 13.1. The molecule has 2 aliphatic rings. The van der Waals surface area contributed by atoms with Crippen molar-refractivity contribution < 1.29 is 4.42 Å². The lowest BCUT2D eigenvalue weighted by Crippen LogP contribution is -2.36. The van der Waals surface area contributed by atoms with Gasteiger partial charge in [-0.05, 0) is 37.8 Å². The molecule has 1 atom stereocenters. The van der Waals surface area contributed by atoms with E-state index in [0.29, 0.717) is 12.0 Å². The third-order valence-corrected chi connectivity index (χ3v) is 4.99. The molecule has 2 fully saturated rings. The summed E-state index contributed by atoms with van der Waals surface area (Å²) in [4.78, 5) is 6.98. The number of rotatable bonds is 3. The molecule has 3 aromatic heterocycles. The van der Waals surface area contributed by atoms with Crippen LogP contribution in [0, 0.1) is 0 Å². The van der Waals surface area contributed by atoms with Crippen molar-refractivity contribution in [3.63, 3.8) is 0 Å². The Bertz CT molecular complexity index is 834. The molecule has 3 aromatic rings. The Hall–Kier alpha value is -2.37. The molecule has 1 saturated heterocycles. The highest BCUT2D eigenvalue weighted by Gasteiger charge is 2.32. The van der Waals surface area contributed by atoms with Crippen molar-refractivity contribution in [3.05, 3.63) is 36.7 Å². The molecule has 4 heterocycles. The van der Waals surface area contributed by atoms with Crippen LogP contribution in [0.5, 0.6) is 0 Å². The van der Waals surface area contributed by atoms with Gasteiger partial charge in [0.25, 0.3) is 0 Å². The molecule has 0 amide bonds. The molecular formula is C17H19N5O. The summed E-state index contributed by atoms with van der Waals surface area (Å²) >= 11 is 0. The van der Waals surface area contributed by atoms with Gasteiger partial charge in [0.1, 0.15) is 23.6 Å². The first-order valence-electron chi connectivity index (χ1n) is 8.37. The van der Waals surface area contributed by atoms with Gasteiger partial charge in [0.05, 0.1) is 11.6 Å². The topological polar surface area (TPSA) is 60.0 Å². The molecule has 6 nitrogen and oxygen atoms in total. The van der Waals surface area contributed by atoms with E-state index in [1.165, 1.54) is 19.3 Å². The first-order valence-corrected chi connectivity index (χ1v) is 8.37. The molecule has 0 spiro atoms. The first-order chi connectivity index (χ1) is 11.4. The average Bonchev–Trinajstić information content (AvgIpc) is 3.12. The standard InChI is InChI=1S/C17H19N5O/c1-2-12(16-20-19-11-22(16)13-3-4-13)10-21(8-1)17-14-6-9-23-15(14)5-7-18-17/h5-7,9,11-13H,1-4,8,10H2/t12-/m0/s1. The molecule has 6 heteroatoms. The second-order valence-electron chi connectivity index (χ2n) is 6.58. The van der Waals surface area contributed by atoms with Gasteiger partial charge in [-0.25, -0.2) is 4.98 Å². The zero-order chi connectivity index (χ0) is 15.2. The van der Waals surface area contributed by atoms with Crippen LogP contribution in [0.2, 0.25) is 0 Å². The molecular weight excluding hydrogens is 290 g/mol. The average molecular weight is 309 g/mol. The molecule has 0 unspecified atom stereocenters. The molecule has 1 aliphatic heterocycles. The maximum absolute atomic E-state index is 5.51. The Morgan fingerprint density at radius 3 is 3.04 bits per heavy atom. The van der Waals surface area contributed by atoms with Crippen LogP contribution in [0.3, 0.4) is 0 Å². The van der Waals surface area contributed by atoms with Crippen LogP contribution in [0.4, 0.5) is 5.82 Å². The monoisotopic (exact) mass is 309 g/mol. The smallest absolute Gasteiger partial charge is 0.139 e. The Kier molecular flexibility index (Phi) is 2.89. The molecule has 118 valence electrons. The van der Waals surface area contributed by atoms with E-state index < -0.39 is 0 Å². The van der Waals surface area contributed by atoms with Crippen LogP contribution in [-0.4, -0.2) is 32.8 Å². The van der Waals surface area contributed by atoms with Gasteiger partial charge in [0.15, 0.2) is 0 Å². The van der Waals surface area contributed by atoms with Gasteiger partial charge in [0, 0.05) is 31.2 Å². The summed E-state index contributed by atoms with van der Waals surface area (Å²) in [6.45, 7) is 1.98. The fourth-order valence-electron chi connectivity index (χ4n) is 3.69. The maximum Gasteiger partial charge on any atom is 0.139 e. The molecule has 1 aliphatic carbocycles. The lowest BCUT2D eigenvalue weighted by atomic mass is 9.97. The minimum Gasteiger partial charge on any atom is -0.464 e. The molecule has 0 radical (unpaired) electrons. The van der Waals surface area contributed by atoms with E-state index >= 15 is 0 Å². The second-order valence-corrected chi connectivity index (χ2v) is 6.58. The summed E-state index contributed by atoms with van der Waals surface area (Å²) in [6, 6.07) is 4.56. The predicted octanol–water partition coefficient (Wildman–Crippen LogP) is 3.14. The summed E-state index contributed by atoms with van der Waals surface area (Å²) in [5.41, 5.74) is 0.901. The van der Waals surface area contributed by atoms with Crippen molar-refractivity contribution >= 4 is 16.8 Å².